The summed E-state index contributed by atoms with van der Waals surface area (Å²) in [5, 5.41) is 0. The van der Waals surface area contributed by atoms with Crippen molar-refractivity contribution in [3.8, 4) is 5.75 Å². The molecule has 1 aromatic carbocycles. The molecule has 0 bridgehead atoms. The maximum absolute atomic E-state index is 12.5. The van der Waals surface area contributed by atoms with Crippen molar-refractivity contribution in [3.05, 3.63) is 46.1 Å². The molecule has 0 unspecified atom stereocenters. The highest BCUT2D eigenvalue weighted by Gasteiger charge is 2.34. The second kappa shape index (κ2) is 6.60. The predicted molar refractivity (Wildman–Crippen MR) is 85.3 cm³/mol. The van der Waals surface area contributed by atoms with Gasteiger partial charge in [-0.1, -0.05) is 15.9 Å². The molecule has 1 N–H and O–H groups in total. The van der Waals surface area contributed by atoms with Crippen LogP contribution in [-0.2, 0) is 10.0 Å². The first kappa shape index (κ1) is 18.5. The lowest BCUT2D eigenvalue weighted by molar-refractivity contribution is -0.275. The number of anilines is 1. The van der Waals surface area contributed by atoms with E-state index in [4.69, 9.17) is 0 Å². The minimum Gasteiger partial charge on any atom is -0.404 e. The van der Waals surface area contributed by atoms with Gasteiger partial charge < -0.3 is 4.74 Å². The van der Waals surface area contributed by atoms with Gasteiger partial charge in [0.05, 0.1) is 0 Å². The number of aromatic nitrogens is 1. The maximum atomic E-state index is 12.5. The Bertz CT molecular complexity index is 850. The van der Waals surface area contributed by atoms with Gasteiger partial charge in [-0.3, -0.25) is 4.72 Å². The fourth-order valence-electron chi connectivity index (χ4n) is 1.99. The highest BCUT2D eigenvalue weighted by molar-refractivity contribution is 9.10. The number of rotatable bonds is 4. The summed E-state index contributed by atoms with van der Waals surface area (Å²) in [4.78, 5) is 3.35. The third kappa shape index (κ3) is 4.84. The van der Waals surface area contributed by atoms with Crippen LogP contribution in [0.3, 0.4) is 0 Å². The molecule has 0 aliphatic rings. The van der Waals surface area contributed by atoms with Crippen molar-refractivity contribution < 1.29 is 26.3 Å². The summed E-state index contributed by atoms with van der Waals surface area (Å²) in [7, 11) is -4.32. The summed E-state index contributed by atoms with van der Waals surface area (Å²) < 4.78 is 68.6. The molecular formula is C14H12BrF3N2O3S. The standard InChI is InChI=1S/C14H12BrF3N2O3S/c1-8-5-9(2)19-13(6-8)20-24(21,22)12-4-3-10(15)7-11(12)23-14(16,17)18/h3-7H,1-2H3,(H,19,20). The molecule has 0 amide bonds. The number of hydrogen-bond acceptors (Lipinski definition) is 4. The van der Waals surface area contributed by atoms with E-state index in [1.807, 2.05) is 0 Å². The SMILES string of the molecule is Cc1cc(C)nc(NS(=O)(=O)c2ccc(Br)cc2OC(F)(F)F)c1. The lowest BCUT2D eigenvalue weighted by Gasteiger charge is -2.15. The monoisotopic (exact) mass is 424 g/mol. The first-order valence-corrected chi connectivity index (χ1v) is 8.77. The lowest BCUT2D eigenvalue weighted by Crippen LogP contribution is -2.21. The van der Waals surface area contributed by atoms with Crippen molar-refractivity contribution in [1.82, 2.24) is 4.98 Å². The van der Waals surface area contributed by atoms with Crippen LogP contribution < -0.4 is 9.46 Å². The first-order chi connectivity index (χ1) is 11.0. The molecular weight excluding hydrogens is 413 g/mol. The normalized spacial score (nSPS) is 12.1. The van der Waals surface area contributed by atoms with Crippen LogP contribution >= 0.6 is 15.9 Å². The molecule has 5 nitrogen and oxygen atoms in total. The van der Waals surface area contributed by atoms with Crippen LogP contribution in [0.5, 0.6) is 5.75 Å². The van der Waals surface area contributed by atoms with E-state index in [2.05, 4.69) is 30.4 Å². The van der Waals surface area contributed by atoms with Gasteiger partial charge >= 0.3 is 6.36 Å². The smallest absolute Gasteiger partial charge is 0.404 e. The molecule has 24 heavy (non-hydrogen) atoms. The topological polar surface area (TPSA) is 68.3 Å². The Labute approximate surface area is 145 Å². The summed E-state index contributed by atoms with van der Waals surface area (Å²) >= 11 is 2.98. The average molecular weight is 425 g/mol. The number of halogens is 4. The van der Waals surface area contributed by atoms with Gasteiger partial charge in [0, 0.05) is 10.2 Å². The second-order valence-corrected chi connectivity index (χ2v) is 7.48. The van der Waals surface area contributed by atoms with Crippen LogP contribution in [0, 0.1) is 13.8 Å². The van der Waals surface area contributed by atoms with Crippen LogP contribution in [0.25, 0.3) is 0 Å². The Hall–Kier alpha value is -1.81. The molecule has 0 aliphatic heterocycles. The summed E-state index contributed by atoms with van der Waals surface area (Å²) in [5.41, 5.74) is 1.32. The highest BCUT2D eigenvalue weighted by atomic mass is 79.9. The van der Waals surface area contributed by atoms with Crippen molar-refractivity contribution >= 4 is 31.8 Å². The first-order valence-electron chi connectivity index (χ1n) is 6.50. The zero-order valence-electron chi connectivity index (χ0n) is 12.5. The fraction of sp³-hybridized carbons (Fsp3) is 0.214. The molecule has 1 aromatic heterocycles. The number of aryl methyl sites for hydroxylation is 2. The van der Waals surface area contributed by atoms with Gasteiger partial charge in [-0.05, 0) is 49.7 Å². The van der Waals surface area contributed by atoms with Crippen molar-refractivity contribution in [2.45, 2.75) is 25.1 Å². The molecule has 1 heterocycles. The van der Waals surface area contributed by atoms with Crippen LogP contribution in [0.4, 0.5) is 19.0 Å². The van der Waals surface area contributed by atoms with Crippen LogP contribution in [0.1, 0.15) is 11.3 Å². The Kier molecular flexibility index (Phi) is 5.09. The van der Waals surface area contributed by atoms with Crippen LogP contribution in [-0.4, -0.2) is 19.8 Å². The fourth-order valence-corrected chi connectivity index (χ4v) is 3.44. The molecule has 2 aromatic rings. The van der Waals surface area contributed by atoms with Gasteiger partial charge in [-0.25, -0.2) is 13.4 Å². The number of hydrogen-bond donors (Lipinski definition) is 1. The van der Waals surface area contributed by atoms with E-state index in [9.17, 15) is 21.6 Å². The van der Waals surface area contributed by atoms with Gasteiger partial charge in [0.1, 0.15) is 10.7 Å². The van der Waals surface area contributed by atoms with Gasteiger partial charge in [-0.2, -0.15) is 0 Å². The number of sulfonamides is 1. The van der Waals surface area contributed by atoms with Gasteiger partial charge in [0.25, 0.3) is 10.0 Å². The van der Waals surface area contributed by atoms with E-state index < -0.39 is 27.0 Å². The number of ether oxygens (including phenoxy) is 1. The number of nitrogens with zero attached hydrogens (tertiary/aromatic N) is 1. The molecule has 0 fully saturated rings. The molecule has 10 heteroatoms. The average Bonchev–Trinajstić information content (AvgIpc) is 2.33. The van der Waals surface area contributed by atoms with Crippen LogP contribution in [0.2, 0.25) is 0 Å². The van der Waals surface area contributed by atoms with E-state index in [-0.39, 0.29) is 10.3 Å². The summed E-state index contributed by atoms with van der Waals surface area (Å²) in [6.07, 6.45) is -5.02. The molecule has 0 aliphatic carbocycles. The van der Waals surface area contributed by atoms with E-state index in [1.54, 1.807) is 19.9 Å². The largest absolute Gasteiger partial charge is 0.573 e. The van der Waals surface area contributed by atoms with E-state index in [0.29, 0.717) is 5.69 Å². The minimum atomic E-state index is -5.02. The molecule has 130 valence electrons. The summed E-state index contributed by atoms with van der Waals surface area (Å²) in [6, 6.07) is 6.43. The number of benzene rings is 1. The maximum Gasteiger partial charge on any atom is 0.573 e. The zero-order chi connectivity index (χ0) is 18.1. The molecule has 0 saturated heterocycles. The van der Waals surface area contributed by atoms with Gasteiger partial charge in [0.2, 0.25) is 0 Å². The molecule has 0 spiro atoms. The quantitative estimate of drug-likeness (QED) is 0.799. The Morgan fingerprint density at radius 1 is 1.17 bits per heavy atom. The lowest BCUT2D eigenvalue weighted by atomic mass is 10.2. The Balaban J connectivity index is 2.45. The third-order valence-electron chi connectivity index (χ3n) is 2.76. The summed E-state index contributed by atoms with van der Waals surface area (Å²) in [6.45, 7) is 3.41. The van der Waals surface area contributed by atoms with Gasteiger partial charge in [-0.15, -0.1) is 13.2 Å². The number of pyridine rings is 1. The number of alkyl halides is 3. The number of nitrogens with one attached hydrogen (secondary N) is 1. The summed E-state index contributed by atoms with van der Waals surface area (Å²) in [5.74, 6) is -0.831. The molecule has 0 saturated carbocycles. The van der Waals surface area contributed by atoms with Crippen LogP contribution in [0.15, 0.2) is 39.7 Å². The van der Waals surface area contributed by atoms with Crippen molar-refractivity contribution in [1.29, 1.82) is 0 Å². The Morgan fingerprint density at radius 3 is 2.42 bits per heavy atom. The van der Waals surface area contributed by atoms with E-state index in [0.717, 1.165) is 17.7 Å². The Morgan fingerprint density at radius 2 is 1.83 bits per heavy atom. The van der Waals surface area contributed by atoms with Gasteiger partial charge in [0.15, 0.2) is 5.75 Å². The second-order valence-electron chi connectivity index (χ2n) is 4.92. The van der Waals surface area contributed by atoms with E-state index >= 15 is 0 Å². The molecule has 0 radical (unpaired) electrons. The zero-order valence-corrected chi connectivity index (χ0v) is 14.9. The minimum absolute atomic E-state index is 0.00776. The molecule has 2 rings (SSSR count). The van der Waals surface area contributed by atoms with Crippen molar-refractivity contribution in [3.63, 3.8) is 0 Å². The molecule has 0 atom stereocenters. The van der Waals surface area contributed by atoms with E-state index in [1.165, 1.54) is 12.1 Å². The highest BCUT2D eigenvalue weighted by Crippen LogP contribution is 2.33. The van der Waals surface area contributed by atoms with Crippen molar-refractivity contribution in [2.75, 3.05) is 4.72 Å². The van der Waals surface area contributed by atoms with Crippen molar-refractivity contribution in [2.24, 2.45) is 0 Å². The third-order valence-corrected chi connectivity index (χ3v) is 4.65. The predicted octanol–water partition coefficient (Wildman–Crippen LogP) is 4.16.